The molecule has 104 valence electrons. The molecule has 0 aliphatic heterocycles. The molecule has 0 amide bonds. The van der Waals surface area contributed by atoms with Gasteiger partial charge in [0.05, 0.1) is 12.8 Å². The summed E-state index contributed by atoms with van der Waals surface area (Å²) in [6.45, 7) is 5.64. The second-order valence-electron chi connectivity index (χ2n) is 4.59. The van der Waals surface area contributed by atoms with Crippen LogP contribution in [0.25, 0.3) is 5.57 Å². The van der Waals surface area contributed by atoms with Crippen LogP contribution in [0.5, 0.6) is 0 Å². The highest BCUT2D eigenvalue weighted by Crippen LogP contribution is 2.26. The zero-order valence-electron chi connectivity index (χ0n) is 11.7. The molecule has 0 unspecified atom stereocenters. The Morgan fingerprint density at radius 3 is 2.57 bits per heavy atom. The van der Waals surface area contributed by atoms with E-state index in [-0.39, 0.29) is 11.5 Å². The molecular weight excluding hydrogens is 265 g/mol. The molecular formula is C15H14BN3O2. The van der Waals surface area contributed by atoms with E-state index >= 15 is 0 Å². The third kappa shape index (κ3) is 3.48. The first-order chi connectivity index (χ1) is 10.0. The van der Waals surface area contributed by atoms with Gasteiger partial charge in [-0.15, -0.1) is 0 Å². The van der Waals surface area contributed by atoms with E-state index in [1.165, 1.54) is 6.07 Å². The van der Waals surface area contributed by atoms with Crippen molar-refractivity contribution in [1.29, 1.82) is 0 Å². The summed E-state index contributed by atoms with van der Waals surface area (Å²) in [6, 6.07) is 10.4. The SMILES string of the molecule is [B]CC(=C)c1ccc(Nc2nc(C)ccc2[N+](=O)[O-])cc1. The molecule has 0 saturated carbocycles. The zero-order chi connectivity index (χ0) is 15.4. The predicted octanol–water partition coefficient (Wildman–Crippen LogP) is 3.64. The minimum Gasteiger partial charge on any atom is -0.334 e. The largest absolute Gasteiger partial charge is 0.334 e. The molecule has 1 N–H and O–H groups in total. The molecule has 0 atom stereocenters. The van der Waals surface area contributed by atoms with Crippen LogP contribution in [0.1, 0.15) is 11.3 Å². The Balaban J connectivity index is 2.28. The first-order valence-electron chi connectivity index (χ1n) is 6.38. The van der Waals surface area contributed by atoms with Crippen LogP contribution in [0.15, 0.2) is 43.0 Å². The normalized spacial score (nSPS) is 10.1. The van der Waals surface area contributed by atoms with Gasteiger partial charge in [0, 0.05) is 17.4 Å². The fourth-order valence-corrected chi connectivity index (χ4v) is 1.83. The number of nitro groups is 1. The van der Waals surface area contributed by atoms with Crippen LogP contribution in [0.3, 0.4) is 0 Å². The van der Waals surface area contributed by atoms with Crippen LogP contribution in [-0.2, 0) is 0 Å². The van der Waals surface area contributed by atoms with Crippen molar-refractivity contribution >= 4 is 30.6 Å². The molecule has 1 aromatic heterocycles. The molecule has 0 aliphatic rings. The molecule has 6 heteroatoms. The number of rotatable bonds is 5. The lowest BCUT2D eigenvalue weighted by Gasteiger charge is -2.08. The molecule has 0 saturated heterocycles. The number of aryl methyl sites for hydroxylation is 1. The summed E-state index contributed by atoms with van der Waals surface area (Å²) < 4.78 is 0. The van der Waals surface area contributed by atoms with Gasteiger partial charge in [0.15, 0.2) is 0 Å². The van der Waals surface area contributed by atoms with Crippen LogP contribution in [0, 0.1) is 17.0 Å². The van der Waals surface area contributed by atoms with Gasteiger partial charge in [-0.25, -0.2) is 4.98 Å². The molecule has 0 spiro atoms. The predicted molar refractivity (Wildman–Crippen MR) is 84.9 cm³/mol. The molecule has 0 bridgehead atoms. The number of allylic oxidation sites excluding steroid dienone is 1. The topological polar surface area (TPSA) is 68.1 Å². The number of pyridine rings is 1. The summed E-state index contributed by atoms with van der Waals surface area (Å²) in [5, 5.41) is 14.0. The van der Waals surface area contributed by atoms with Gasteiger partial charge < -0.3 is 5.32 Å². The van der Waals surface area contributed by atoms with E-state index in [4.69, 9.17) is 7.85 Å². The Hall–Kier alpha value is -2.63. The molecule has 2 rings (SSSR count). The van der Waals surface area contributed by atoms with Crippen molar-refractivity contribution in [3.05, 3.63) is 64.3 Å². The highest BCUT2D eigenvalue weighted by atomic mass is 16.6. The molecule has 0 aliphatic carbocycles. The number of nitrogens with zero attached hydrogens (tertiary/aromatic N) is 2. The highest BCUT2D eigenvalue weighted by molar-refractivity contribution is 6.14. The molecule has 5 nitrogen and oxygen atoms in total. The van der Waals surface area contributed by atoms with E-state index in [0.29, 0.717) is 17.7 Å². The fourth-order valence-electron chi connectivity index (χ4n) is 1.83. The van der Waals surface area contributed by atoms with Crippen molar-refractivity contribution < 1.29 is 4.92 Å². The number of aromatic nitrogens is 1. The first kappa shape index (κ1) is 14.8. The summed E-state index contributed by atoms with van der Waals surface area (Å²) in [7, 11) is 5.54. The molecule has 0 fully saturated rings. The van der Waals surface area contributed by atoms with Crippen molar-refractivity contribution in [1.82, 2.24) is 4.98 Å². The van der Waals surface area contributed by atoms with Gasteiger partial charge in [0.25, 0.3) is 0 Å². The molecule has 2 aromatic rings. The second-order valence-corrected chi connectivity index (χ2v) is 4.59. The number of anilines is 2. The van der Waals surface area contributed by atoms with Crippen molar-refractivity contribution in [3.8, 4) is 0 Å². The lowest BCUT2D eigenvalue weighted by atomic mass is 9.93. The molecule has 1 heterocycles. The first-order valence-corrected chi connectivity index (χ1v) is 6.38. The van der Waals surface area contributed by atoms with Gasteiger partial charge in [-0.05, 0) is 30.7 Å². The average molecular weight is 279 g/mol. The number of hydrogen-bond acceptors (Lipinski definition) is 4. The molecule has 2 radical (unpaired) electrons. The summed E-state index contributed by atoms with van der Waals surface area (Å²) >= 11 is 0. The average Bonchev–Trinajstić information content (AvgIpc) is 2.47. The molecule has 1 aromatic carbocycles. The standard InChI is InChI=1S/C15H14BN3O2/c1-10(9-16)12-4-6-13(7-5-12)18-15-14(19(20)21)8-3-11(2)17-15/h3-8H,1,9H2,2H3,(H,17,18). The summed E-state index contributed by atoms with van der Waals surface area (Å²) in [6.07, 6.45) is 0.387. The van der Waals surface area contributed by atoms with E-state index < -0.39 is 4.92 Å². The van der Waals surface area contributed by atoms with Gasteiger partial charge in [-0.1, -0.05) is 30.6 Å². The minimum absolute atomic E-state index is 0.0592. The van der Waals surface area contributed by atoms with E-state index in [0.717, 1.165) is 11.1 Å². The Bertz CT molecular complexity index is 684. The van der Waals surface area contributed by atoms with Gasteiger partial charge >= 0.3 is 5.69 Å². The lowest BCUT2D eigenvalue weighted by molar-refractivity contribution is -0.384. The maximum absolute atomic E-state index is 11.0. The zero-order valence-corrected chi connectivity index (χ0v) is 11.7. The van der Waals surface area contributed by atoms with Crippen LogP contribution < -0.4 is 5.32 Å². The number of nitrogens with one attached hydrogen (secondary N) is 1. The van der Waals surface area contributed by atoms with E-state index in [2.05, 4.69) is 16.9 Å². The van der Waals surface area contributed by atoms with E-state index in [9.17, 15) is 10.1 Å². The van der Waals surface area contributed by atoms with Crippen LogP contribution in [-0.4, -0.2) is 17.8 Å². The van der Waals surface area contributed by atoms with E-state index in [1.807, 2.05) is 24.3 Å². The summed E-state index contributed by atoms with van der Waals surface area (Å²) in [5.74, 6) is 0.227. The maximum Gasteiger partial charge on any atom is 0.311 e. The highest BCUT2D eigenvalue weighted by Gasteiger charge is 2.15. The Labute approximate surface area is 124 Å². The third-order valence-electron chi connectivity index (χ3n) is 3.01. The number of hydrogen-bond donors (Lipinski definition) is 1. The van der Waals surface area contributed by atoms with Crippen molar-refractivity contribution in [3.63, 3.8) is 0 Å². The van der Waals surface area contributed by atoms with Gasteiger partial charge in [0.1, 0.15) is 0 Å². The fraction of sp³-hybridized carbons (Fsp3) is 0.133. The maximum atomic E-state index is 11.0. The van der Waals surface area contributed by atoms with Gasteiger partial charge in [-0.3, -0.25) is 10.1 Å². The number of benzene rings is 1. The Kier molecular flexibility index (Phi) is 4.37. The van der Waals surface area contributed by atoms with Crippen LogP contribution >= 0.6 is 0 Å². The summed E-state index contributed by atoms with van der Waals surface area (Å²) in [5.41, 5.74) is 3.13. The Morgan fingerprint density at radius 1 is 1.33 bits per heavy atom. The van der Waals surface area contributed by atoms with Crippen LogP contribution in [0.4, 0.5) is 17.2 Å². The second kappa shape index (κ2) is 6.22. The quantitative estimate of drug-likeness (QED) is 0.515. The van der Waals surface area contributed by atoms with Gasteiger partial charge in [-0.2, -0.15) is 0 Å². The third-order valence-corrected chi connectivity index (χ3v) is 3.01. The lowest BCUT2D eigenvalue weighted by Crippen LogP contribution is -2.00. The van der Waals surface area contributed by atoms with Crippen molar-refractivity contribution in [2.45, 2.75) is 13.2 Å². The van der Waals surface area contributed by atoms with E-state index in [1.54, 1.807) is 13.0 Å². The van der Waals surface area contributed by atoms with Gasteiger partial charge in [0.2, 0.25) is 5.82 Å². The Morgan fingerprint density at radius 2 is 2.00 bits per heavy atom. The van der Waals surface area contributed by atoms with Crippen LogP contribution in [0.2, 0.25) is 6.32 Å². The summed E-state index contributed by atoms with van der Waals surface area (Å²) in [4.78, 5) is 14.7. The smallest absolute Gasteiger partial charge is 0.311 e. The molecule has 21 heavy (non-hydrogen) atoms. The van der Waals surface area contributed by atoms with Crippen molar-refractivity contribution in [2.24, 2.45) is 0 Å². The van der Waals surface area contributed by atoms with Crippen molar-refractivity contribution in [2.75, 3.05) is 5.32 Å². The minimum atomic E-state index is -0.459. The monoisotopic (exact) mass is 279 g/mol.